The highest BCUT2D eigenvalue weighted by molar-refractivity contribution is 9.09. The largest absolute Gasteiger partial charge is 0.478 e. The molecular formula is C31H35BrF7N3O6. The number of carbonyl (C=O) groups is 2. The van der Waals surface area contributed by atoms with Crippen LogP contribution in [0.2, 0.25) is 0 Å². The quantitative estimate of drug-likeness (QED) is 0.185. The predicted octanol–water partition coefficient (Wildman–Crippen LogP) is 6.86. The van der Waals surface area contributed by atoms with Gasteiger partial charge < -0.3 is 24.2 Å². The number of aromatic carboxylic acids is 1. The average Bonchev–Trinajstić information content (AvgIpc) is 2.98. The SMILES string of the molecule is COCC(COC)N(C(=O)C1CCC(Br)CC1F)c1cc(F)c(Oc2ncc(CN3CCCC(F)(F)C3)cc2C(F)(F)F)cc1C(=O)O. The summed E-state index contributed by atoms with van der Waals surface area (Å²) in [6.45, 7) is -1.10. The van der Waals surface area contributed by atoms with Crippen molar-refractivity contribution in [2.75, 3.05) is 45.4 Å². The van der Waals surface area contributed by atoms with E-state index in [1.54, 1.807) is 0 Å². The normalized spacial score (nSPS) is 21.7. The molecule has 1 amide bonds. The van der Waals surface area contributed by atoms with Gasteiger partial charge in [-0.3, -0.25) is 9.69 Å². The van der Waals surface area contributed by atoms with Gasteiger partial charge in [0.05, 0.1) is 43.0 Å². The Balaban J connectivity index is 1.73. The standard InChI is InChI=1S/C31H35BrF7N3O6/c1-46-14-19(15-47-2)42(28(43)20-5-4-18(32)9-23(20)33)25-11-24(34)26(10-21(25)29(44)45)48-27-22(31(37,38)39)8-17(12-40-27)13-41-7-3-6-30(35,36)16-41/h8,10-12,18-20,23H,3-7,9,13-16H2,1-2H3,(H,44,45). The molecule has 1 saturated heterocycles. The minimum absolute atomic E-state index is 0.00817. The molecule has 48 heavy (non-hydrogen) atoms. The van der Waals surface area contributed by atoms with E-state index in [0.29, 0.717) is 24.6 Å². The van der Waals surface area contributed by atoms with Crippen molar-refractivity contribution in [1.29, 1.82) is 0 Å². The summed E-state index contributed by atoms with van der Waals surface area (Å²) in [5.74, 6) is -10.2. The molecule has 266 valence electrons. The minimum Gasteiger partial charge on any atom is -0.478 e. The Morgan fingerprint density at radius 2 is 1.85 bits per heavy atom. The van der Waals surface area contributed by atoms with E-state index in [-0.39, 0.29) is 62.4 Å². The molecule has 17 heteroatoms. The van der Waals surface area contributed by atoms with Crippen molar-refractivity contribution in [3.05, 3.63) is 46.9 Å². The molecule has 1 saturated carbocycles. The van der Waals surface area contributed by atoms with Crippen molar-refractivity contribution in [1.82, 2.24) is 9.88 Å². The highest BCUT2D eigenvalue weighted by atomic mass is 79.9. The molecule has 0 spiro atoms. The van der Waals surface area contributed by atoms with E-state index in [4.69, 9.17) is 14.2 Å². The van der Waals surface area contributed by atoms with Crippen LogP contribution < -0.4 is 9.64 Å². The second-order valence-corrected chi connectivity index (χ2v) is 13.2. The molecule has 1 N–H and O–H groups in total. The number of pyridine rings is 1. The van der Waals surface area contributed by atoms with Crippen LogP contribution in [0.1, 0.15) is 53.6 Å². The van der Waals surface area contributed by atoms with E-state index in [1.165, 1.54) is 19.1 Å². The zero-order valence-corrected chi connectivity index (χ0v) is 27.6. The molecular weight excluding hydrogens is 723 g/mol. The number of nitrogens with zero attached hydrogens (tertiary/aromatic N) is 3. The monoisotopic (exact) mass is 757 g/mol. The molecule has 1 aliphatic carbocycles. The number of ether oxygens (including phenoxy) is 3. The summed E-state index contributed by atoms with van der Waals surface area (Å²) in [6.07, 6.45) is -5.34. The van der Waals surface area contributed by atoms with Crippen molar-refractivity contribution in [2.24, 2.45) is 5.92 Å². The number of rotatable bonds is 12. The molecule has 0 bridgehead atoms. The molecule has 9 nitrogen and oxygen atoms in total. The second kappa shape index (κ2) is 15.7. The van der Waals surface area contributed by atoms with E-state index >= 15 is 8.78 Å². The maximum atomic E-state index is 15.7. The summed E-state index contributed by atoms with van der Waals surface area (Å²) >= 11 is 3.34. The molecule has 2 heterocycles. The summed E-state index contributed by atoms with van der Waals surface area (Å²) in [7, 11) is 2.60. The van der Waals surface area contributed by atoms with E-state index in [2.05, 4.69) is 20.9 Å². The molecule has 2 aromatic rings. The molecule has 2 fully saturated rings. The van der Waals surface area contributed by atoms with Gasteiger partial charge in [-0.2, -0.15) is 13.2 Å². The lowest BCUT2D eigenvalue weighted by Crippen LogP contribution is -2.51. The van der Waals surface area contributed by atoms with Crippen molar-refractivity contribution < 1.29 is 59.6 Å². The first-order valence-electron chi connectivity index (χ1n) is 15.0. The van der Waals surface area contributed by atoms with Gasteiger partial charge in [0.1, 0.15) is 11.7 Å². The lowest BCUT2D eigenvalue weighted by Gasteiger charge is -2.37. The lowest BCUT2D eigenvalue weighted by atomic mass is 9.85. The Kier molecular flexibility index (Phi) is 12.3. The topological polar surface area (TPSA) is 101 Å². The van der Waals surface area contributed by atoms with E-state index < -0.39 is 82.9 Å². The van der Waals surface area contributed by atoms with Crippen LogP contribution in [-0.4, -0.2) is 90.4 Å². The Hall–Kier alpha value is -3.02. The minimum atomic E-state index is -5.08. The third-order valence-electron chi connectivity index (χ3n) is 8.18. The van der Waals surface area contributed by atoms with Crippen molar-refractivity contribution in [3.8, 4) is 11.6 Å². The van der Waals surface area contributed by atoms with Gasteiger partial charge in [0, 0.05) is 50.3 Å². The number of hydrogen-bond acceptors (Lipinski definition) is 7. The van der Waals surface area contributed by atoms with Crippen LogP contribution in [0.15, 0.2) is 24.4 Å². The predicted molar refractivity (Wildman–Crippen MR) is 162 cm³/mol. The zero-order valence-electron chi connectivity index (χ0n) is 26.0. The molecule has 0 radical (unpaired) electrons. The first-order valence-corrected chi connectivity index (χ1v) is 16.0. The molecule has 1 aliphatic heterocycles. The smallest absolute Gasteiger partial charge is 0.421 e. The number of amides is 1. The number of aromatic nitrogens is 1. The Labute approximate surface area is 280 Å². The van der Waals surface area contributed by atoms with Gasteiger partial charge in [0.15, 0.2) is 11.6 Å². The number of alkyl halides is 7. The number of methoxy groups -OCH3 is 2. The zero-order chi connectivity index (χ0) is 35.4. The summed E-state index contributed by atoms with van der Waals surface area (Å²) in [6, 6.07) is 0.820. The highest BCUT2D eigenvalue weighted by Crippen LogP contribution is 2.41. The van der Waals surface area contributed by atoms with Crippen LogP contribution in [0.3, 0.4) is 0 Å². The average molecular weight is 759 g/mol. The summed E-state index contributed by atoms with van der Waals surface area (Å²) in [5.41, 5.74) is -2.75. The van der Waals surface area contributed by atoms with Crippen LogP contribution in [0.5, 0.6) is 11.6 Å². The molecule has 4 rings (SSSR count). The highest BCUT2D eigenvalue weighted by Gasteiger charge is 2.42. The number of halogens is 8. The van der Waals surface area contributed by atoms with Gasteiger partial charge in [-0.1, -0.05) is 15.9 Å². The second-order valence-electron chi connectivity index (χ2n) is 11.9. The van der Waals surface area contributed by atoms with Gasteiger partial charge in [0.25, 0.3) is 5.92 Å². The maximum absolute atomic E-state index is 15.7. The van der Waals surface area contributed by atoms with Crippen molar-refractivity contribution in [3.63, 3.8) is 0 Å². The van der Waals surface area contributed by atoms with E-state index in [0.717, 1.165) is 11.1 Å². The molecule has 1 aromatic carbocycles. The number of likely N-dealkylation sites (tertiary alicyclic amines) is 1. The Morgan fingerprint density at radius 1 is 1.17 bits per heavy atom. The number of piperidine rings is 1. The third kappa shape index (κ3) is 9.15. The van der Waals surface area contributed by atoms with Crippen LogP contribution in [0.4, 0.5) is 36.4 Å². The summed E-state index contributed by atoms with van der Waals surface area (Å²) in [5, 5.41) is 10.1. The first-order chi connectivity index (χ1) is 22.5. The van der Waals surface area contributed by atoms with Gasteiger partial charge in [-0.25, -0.2) is 27.3 Å². The van der Waals surface area contributed by atoms with Gasteiger partial charge in [0.2, 0.25) is 11.8 Å². The fourth-order valence-electron chi connectivity index (χ4n) is 6.00. The lowest BCUT2D eigenvalue weighted by molar-refractivity contribution is -0.139. The van der Waals surface area contributed by atoms with Crippen LogP contribution in [0, 0.1) is 11.7 Å². The number of carboxylic acids is 1. The van der Waals surface area contributed by atoms with Crippen LogP contribution in [-0.2, 0) is 27.0 Å². The van der Waals surface area contributed by atoms with Gasteiger partial charge in [-0.05, 0) is 43.9 Å². The number of hydrogen-bond donors (Lipinski definition) is 1. The number of anilines is 1. The van der Waals surface area contributed by atoms with E-state index in [1.807, 2.05) is 0 Å². The fraction of sp³-hybridized carbons (Fsp3) is 0.581. The Morgan fingerprint density at radius 3 is 2.44 bits per heavy atom. The van der Waals surface area contributed by atoms with Crippen molar-refractivity contribution in [2.45, 2.75) is 67.8 Å². The van der Waals surface area contributed by atoms with E-state index in [9.17, 15) is 36.6 Å². The first kappa shape index (κ1) is 37.8. The van der Waals surface area contributed by atoms with Crippen LogP contribution in [0.25, 0.3) is 0 Å². The van der Waals surface area contributed by atoms with Crippen molar-refractivity contribution >= 4 is 33.5 Å². The Bertz CT molecular complexity index is 1460. The van der Waals surface area contributed by atoms with Crippen LogP contribution >= 0.6 is 15.9 Å². The summed E-state index contributed by atoms with van der Waals surface area (Å²) < 4.78 is 117. The summed E-state index contributed by atoms with van der Waals surface area (Å²) in [4.78, 5) is 32.0. The fourth-order valence-corrected chi connectivity index (χ4v) is 6.63. The number of benzene rings is 1. The third-order valence-corrected chi connectivity index (χ3v) is 9.02. The molecule has 2 aliphatic rings. The number of carboxylic acid groups (broad SMARTS) is 1. The molecule has 1 aromatic heterocycles. The van der Waals surface area contributed by atoms with Gasteiger partial charge in [-0.15, -0.1) is 0 Å². The van der Waals surface area contributed by atoms with Gasteiger partial charge >= 0.3 is 12.1 Å². The number of carbonyl (C=O) groups excluding carboxylic acids is 1. The molecule has 3 atom stereocenters. The maximum Gasteiger partial charge on any atom is 0.421 e. The molecule has 3 unspecified atom stereocenters.